The molecular formula is C14H19NO6. The molecule has 1 aromatic rings. The number of nitrogens with zero attached hydrogens (tertiary/aromatic N) is 1. The van der Waals surface area contributed by atoms with Crippen LogP contribution < -0.4 is 4.74 Å². The number of non-ortho nitro benzene ring substituents is 1. The minimum Gasteiger partial charge on any atom is -0.432 e. The summed E-state index contributed by atoms with van der Waals surface area (Å²) in [5.41, 5.74) is -0.0748. The standard InChI is InChI=1S/C14H19NO6/c1-11(2)7-8-19-9-10-20-14(16)21-13-5-3-12(4-6-13)15(17)18/h3-6,11H,7-10H2,1-2H3. The lowest BCUT2D eigenvalue weighted by molar-refractivity contribution is -0.384. The predicted octanol–water partition coefficient (Wildman–Crippen LogP) is 3.17. The topological polar surface area (TPSA) is 87.9 Å². The number of nitro groups is 1. The van der Waals surface area contributed by atoms with Crippen molar-refractivity contribution >= 4 is 11.8 Å². The van der Waals surface area contributed by atoms with E-state index in [4.69, 9.17) is 14.2 Å². The normalized spacial score (nSPS) is 10.4. The maximum absolute atomic E-state index is 11.3. The molecule has 0 bridgehead atoms. The van der Waals surface area contributed by atoms with Gasteiger partial charge in [0.1, 0.15) is 12.4 Å². The first-order chi connectivity index (χ1) is 9.99. The van der Waals surface area contributed by atoms with Gasteiger partial charge in [0.25, 0.3) is 5.69 Å². The highest BCUT2D eigenvalue weighted by molar-refractivity contribution is 5.63. The molecule has 0 atom stereocenters. The average Bonchev–Trinajstić information content (AvgIpc) is 2.43. The van der Waals surface area contributed by atoms with E-state index in [0.717, 1.165) is 6.42 Å². The van der Waals surface area contributed by atoms with Gasteiger partial charge < -0.3 is 14.2 Å². The summed E-state index contributed by atoms with van der Waals surface area (Å²) in [6.07, 6.45) is 0.0871. The second kappa shape index (κ2) is 8.91. The van der Waals surface area contributed by atoms with Crippen molar-refractivity contribution in [3.8, 4) is 5.75 Å². The van der Waals surface area contributed by atoms with Crippen LogP contribution >= 0.6 is 0 Å². The fourth-order valence-electron chi connectivity index (χ4n) is 1.37. The van der Waals surface area contributed by atoms with E-state index in [2.05, 4.69) is 13.8 Å². The molecule has 0 saturated carbocycles. The third-order valence-corrected chi connectivity index (χ3v) is 2.54. The zero-order valence-electron chi connectivity index (χ0n) is 12.1. The Morgan fingerprint density at radius 2 is 1.86 bits per heavy atom. The molecule has 1 rings (SSSR count). The lowest BCUT2D eigenvalue weighted by Gasteiger charge is -2.07. The van der Waals surface area contributed by atoms with Crippen LogP contribution in [0.15, 0.2) is 24.3 Å². The van der Waals surface area contributed by atoms with E-state index in [1.165, 1.54) is 24.3 Å². The number of ether oxygens (including phenoxy) is 3. The van der Waals surface area contributed by atoms with Gasteiger partial charge in [-0.25, -0.2) is 4.79 Å². The largest absolute Gasteiger partial charge is 0.513 e. The lowest BCUT2D eigenvalue weighted by Crippen LogP contribution is -2.15. The van der Waals surface area contributed by atoms with Crippen LogP contribution in [0.2, 0.25) is 0 Å². The number of rotatable bonds is 8. The summed E-state index contributed by atoms with van der Waals surface area (Å²) in [6, 6.07) is 5.16. The molecule has 0 fully saturated rings. The quantitative estimate of drug-likeness (QED) is 0.241. The summed E-state index contributed by atoms with van der Waals surface area (Å²) in [4.78, 5) is 21.3. The highest BCUT2D eigenvalue weighted by atomic mass is 16.7. The molecule has 1 aromatic carbocycles. The van der Waals surface area contributed by atoms with Crippen molar-refractivity contribution in [2.24, 2.45) is 5.92 Å². The van der Waals surface area contributed by atoms with Crippen molar-refractivity contribution in [3.63, 3.8) is 0 Å². The molecule has 21 heavy (non-hydrogen) atoms. The summed E-state index contributed by atoms with van der Waals surface area (Å²) in [7, 11) is 0. The predicted molar refractivity (Wildman–Crippen MR) is 75.3 cm³/mol. The minimum atomic E-state index is -0.865. The third kappa shape index (κ3) is 7.26. The van der Waals surface area contributed by atoms with Crippen LogP contribution in [0.1, 0.15) is 20.3 Å². The molecule has 0 aliphatic heterocycles. The molecule has 0 unspecified atom stereocenters. The van der Waals surface area contributed by atoms with E-state index in [9.17, 15) is 14.9 Å². The Morgan fingerprint density at radius 1 is 1.19 bits per heavy atom. The highest BCUT2D eigenvalue weighted by Crippen LogP contribution is 2.17. The Morgan fingerprint density at radius 3 is 2.43 bits per heavy atom. The molecule has 0 spiro atoms. The monoisotopic (exact) mass is 297 g/mol. The van der Waals surface area contributed by atoms with Gasteiger partial charge in [0.2, 0.25) is 0 Å². The summed E-state index contributed by atoms with van der Waals surface area (Å²) in [6.45, 7) is 5.23. The first-order valence-corrected chi connectivity index (χ1v) is 6.66. The molecule has 0 amide bonds. The first kappa shape index (κ1) is 16.9. The maximum atomic E-state index is 11.3. The molecular weight excluding hydrogens is 278 g/mol. The number of hydrogen-bond acceptors (Lipinski definition) is 6. The van der Waals surface area contributed by atoms with Crippen LogP contribution in [0.5, 0.6) is 5.75 Å². The van der Waals surface area contributed by atoms with Gasteiger partial charge >= 0.3 is 6.16 Å². The van der Waals surface area contributed by atoms with Crippen LogP contribution in [0.4, 0.5) is 10.5 Å². The third-order valence-electron chi connectivity index (χ3n) is 2.54. The number of carbonyl (C=O) groups is 1. The molecule has 0 aromatic heterocycles. The van der Waals surface area contributed by atoms with Crippen LogP contribution in [0.3, 0.4) is 0 Å². The second-order valence-corrected chi connectivity index (χ2v) is 4.75. The average molecular weight is 297 g/mol. The highest BCUT2D eigenvalue weighted by Gasteiger charge is 2.09. The van der Waals surface area contributed by atoms with Gasteiger partial charge in [-0.3, -0.25) is 10.1 Å². The van der Waals surface area contributed by atoms with Crippen molar-refractivity contribution < 1.29 is 23.9 Å². The number of nitro benzene ring substituents is 1. The number of hydrogen-bond donors (Lipinski definition) is 0. The Balaban J connectivity index is 2.20. The second-order valence-electron chi connectivity index (χ2n) is 4.75. The number of benzene rings is 1. The SMILES string of the molecule is CC(C)CCOCCOC(=O)Oc1ccc([N+](=O)[O-])cc1. The zero-order chi connectivity index (χ0) is 15.7. The summed E-state index contributed by atoms with van der Waals surface area (Å²) >= 11 is 0. The molecule has 0 heterocycles. The Bertz CT molecular complexity index is 457. The Labute approximate surface area is 123 Å². The van der Waals surface area contributed by atoms with Crippen molar-refractivity contribution in [3.05, 3.63) is 34.4 Å². The molecule has 0 aliphatic carbocycles. The van der Waals surface area contributed by atoms with Gasteiger partial charge in [-0.2, -0.15) is 0 Å². The Kier molecular flexibility index (Phi) is 7.17. The van der Waals surface area contributed by atoms with Crippen molar-refractivity contribution in [1.29, 1.82) is 0 Å². The maximum Gasteiger partial charge on any atom is 0.513 e. The van der Waals surface area contributed by atoms with Crippen LogP contribution in [0.25, 0.3) is 0 Å². The van der Waals surface area contributed by atoms with E-state index in [1.807, 2.05) is 0 Å². The summed E-state index contributed by atoms with van der Waals surface area (Å²) < 4.78 is 14.9. The molecule has 0 radical (unpaired) electrons. The molecule has 0 saturated heterocycles. The van der Waals surface area contributed by atoms with E-state index in [-0.39, 0.29) is 18.0 Å². The molecule has 0 N–H and O–H groups in total. The Hall–Kier alpha value is -2.15. The van der Waals surface area contributed by atoms with Crippen molar-refractivity contribution in [2.75, 3.05) is 19.8 Å². The van der Waals surface area contributed by atoms with E-state index in [0.29, 0.717) is 19.1 Å². The van der Waals surface area contributed by atoms with Gasteiger partial charge in [0, 0.05) is 18.7 Å². The van der Waals surface area contributed by atoms with Gasteiger partial charge in [-0.15, -0.1) is 0 Å². The summed E-state index contributed by atoms with van der Waals surface area (Å²) in [5.74, 6) is 0.754. The zero-order valence-corrected chi connectivity index (χ0v) is 12.1. The van der Waals surface area contributed by atoms with E-state index in [1.54, 1.807) is 0 Å². The fraction of sp³-hybridized carbons (Fsp3) is 0.500. The first-order valence-electron chi connectivity index (χ1n) is 6.66. The van der Waals surface area contributed by atoms with Crippen LogP contribution in [0, 0.1) is 16.0 Å². The fourth-order valence-corrected chi connectivity index (χ4v) is 1.37. The lowest BCUT2D eigenvalue weighted by atomic mass is 10.1. The smallest absolute Gasteiger partial charge is 0.432 e. The van der Waals surface area contributed by atoms with Gasteiger partial charge in [0.05, 0.1) is 11.5 Å². The van der Waals surface area contributed by atoms with Crippen molar-refractivity contribution in [2.45, 2.75) is 20.3 Å². The minimum absolute atomic E-state index is 0.0748. The van der Waals surface area contributed by atoms with E-state index >= 15 is 0 Å². The number of carbonyl (C=O) groups excluding carboxylic acids is 1. The summed E-state index contributed by atoms with van der Waals surface area (Å²) in [5, 5.41) is 10.5. The van der Waals surface area contributed by atoms with Crippen LogP contribution in [-0.4, -0.2) is 30.9 Å². The van der Waals surface area contributed by atoms with Crippen LogP contribution in [-0.2, 0) is 9.47 Å². The van der Waals surface area contributed by atoms with Gasteiger partial charge in [0.15, 0.2) is 0 Å². The van der Waals surface area contributed by atoms with Gasteiger partial charge in [-0.1, -0.05) is 13.8 Å². The molecule has 116 valence electrons. The molecule has 7 heteroatoms. The van der Waals surface area contributed by atoms with Gasteiger partial charge in [-0.05, 0) is 24.5 Å². The molecule has 7 nitrogen and oxygen atoms in total. The van der Waals surface area contributed by atoms with Crippen molar-refractivity contribution in [1.82, 2.24) is 0 Å². The molecule has 0 aliphatic rings. The van der Waals surface area contributed by atoms with E-state index < -0.39 is 11.1 Å².